The zero-order valence-electron chi connectivity index (χ0n) is 9.92. The zero-order valence-corrected chi connectivity index (χ0v) is 9.92. The summed E-state index contributed by atoms with van der Waals surface area (Å²) in [6, 6.07) is 0. The van der Waals surface area contributed by atoms with Crippen molar-refractivity contribution in [3.63, 3.8) is 0 Å². The van der Waals surface area contributed by atoms with Crippen LogP contribution in [0.25, 0.3) is 0 Å². The quantitative estimate of drug-likeness (QED) is 0.417. The van der Waals surface area contributed by atoms with E-state index in [1.807, 2.05) is 0 Å². The number of hydrogen-bond acceptors (Lipinski definition) is 5. The number of carbonyl (C=O) groups is 3. The number of esters is 2. The summed E-state index contributed by atoms with van der Waals surface area (Å²) < 4.78 is 9.43. The number of ether oxygens (including phenoxy) is 2. The molecule has 18 heavy (non-hydrogen) atoms. The van der Waals surface area contributed by atoms with Crippen molar-refractivity contribution in [1.82, 2.24) is 0 Å². The summed E-state index contributed by atoms with van der Waals surface area (Å²) in [6.07, 6.45) is 1.80. The van der Waals surface area contributed by atoms with Crippen LogP contribution in [-0.4, -0.2) is 29.3 Å². The highest BCUT2D eigenvalue weighted by Gasteiger charge is 2.15. The third-order valence-corrected chi connectivity index (χ3v) is 1.78. The normalized spacial score (nSPS) is 10.7. The predicted octanol–water partition coefficient (Wildman–Crippen LogP) is 1.19. The van der Waals surface area contributed by atoms with Gasteiger partial charge in [-0.15, -0.1) is 0 Å². The monoisotopic (exact) mass is 254 g/mol. The van der Waals surface area contributed by atoms with Crippen molar-refractivity contribution in [2.75, 3.05) is 0 Å². The average molecular weight is 254 g/mol. The molecule has 0 aliphatic rings. The van der Waals surface area contributed by atoms with Crippen LogP contribution >= 0.6 is 0 Å². The van der Waals surface area contributed by atoms with Crippen molar-refractivity contribution in [3.8, 4) is 0 Å². The third kappa shape index (κ3) is 6.26. The van der Waals surface area contributed by atoms with Crippen LogP contribution in [0.2, 0.25) is 0 Å². The molecular weight excluding hydrogens is 240 g/mol. The first-order valence-corrected chi connectivity index (χ1v) is 4.96. The van der Waals surface area contributed by atoms with Crippen LogP contribution in [0, 0.1) is 0 Å². The molecule has 0 unspecified atom stereocenters. The molecule has 0 radical (unpaired) electrons. The van der Waals surface area contributed by atoms with Gasteiger partial charge in [0.15, 0.2) is 0 Å². The van der Waals surface area contributed by atoms with Gasteiger partial charge in [-0.05, 0) is 6.92 Å². The van der Waals surface area contributed by atoms with Crippen LogP contribution < -0.4 is 0 Å². The van der Waals surface area contributed by atoms with Gasteiger partial charge in [-0.25, -0.2) is 14.4 Å². The van der Waals surface area contributed by atoms with E-state index in [0.29, 0.717) is 0 Å². The van der Waals surface area contributed by atoms with Gasteiger partial charge in [-0.3, -0.25) is 0 Å². The molecule has 6 heteroatoms. The van der Waals surface area contributed by atoms with Crippen molar-refractivity contribution in [2.45, 2.75) is 19.6 Å². The lowest BCUT2D eigenvalue weighted by molar-refractivity contribution is -0.179. The summed E-state index contributed by atoms with van der Waals surface area (Å²) in [7, 11) is 0. The second-order valence-electron chi connectivity index (χ2n) is 3.14. The Kier molecular flexibility index (Phi) is 6.80. The first-order valence-electron chi connectivity index (χ1n) is 4.96. The van der Waals surface area contributed by atoms with E-state index in [1.165, 1.54) is 13.0 Å². The van der Waals surface area contributed by atoms with E-state index in [9.17, 15) is 14.4 Å². The second kappa shape index (κ2) is 7.83. The topological polar surface area (TPSA) is 89.9 Å². The van der Waals surface area contributed by atoms with Crippen molar-refractivity contribution in [2.24, 2.45) is 0 Å². The maximum absolute atomic E-state index is 11.0. The van der Waals surface area contributed by atoms with Gasteiger partial charge in [0, 0.05) is 24.1 Å². The van der Waals surface area contributed by atoms with Gasteiger partial charge in [-0.2, -0.15) is 0 Å². The number of hydrogen-bond donors (Lipinski definition) is 1. The molecule has 0 saturated heterocycles. The number of carbonyl (C=O) groups excluding carboxylic acids is 2. The summed E-state index contributed by atoms with van der Waals surface area (Å²) in [6.45, 7) is 7.75. The largest absolute Gasteiger partial charge is 0.478 e. The molecule has 0 aliphatic carbocycles. The minimum absolute atomic E-state index is 0.0457. The van der Waals surface area contributed by atoms with Crippen LogP contribution in [0.15, 0.2) is 37.0 Å². The Morgan fingerprint density at radius 1 is 1.17 bits per heavy atom. The molecule has 0 heterocycles. The Balaban J connectivity index is 4.65. The fourth-order valence-electron chi connectivity index (χ4n) is 0.836. The second-order valence-corrected chi connectivity index (χ2v) is 3.14. The molecular formula is C12H14O6. The van der Waals surface area contributed by atoms with E-state index in [2.05, 4.69) is 13.2 Å². The highest BCUT2D eigenvalue weighted by atomic mass is 16.7. The Labute approximate surface area is 104 Å². The molecule has 0 aromatic rings. The maximum Gasteiger partial charge on any atom is 0.333 e. The van der Waals surface area contributed by atoms with Crippen molar-refractivity contribution >= 4 is 17.9 Å². The standard InChI is InChI=1S/C12H14O6/c1-4-9(13)17-11(18-10(14)5-2)7-6-8(3)12(15)16/h4-6,11H,1-2,7H2,3H3,(H,15,16). The van der Waals surface area contributed by atoms with Crippen LogP contribution in [0.4, 0.5) is 0 Å². The van der Waals surface area contributed by atoms with Crippen LogP contribution in [0.5, 0.6) is 0 Å². The highest BCUT2D eigenvalue weighted by Crippen LogP contribution is 2.07. The Bertz CT molecular complexity index is 371. The Morgan fingerprint density at radius 3 is 1.94 bits per heavy atom. The molecule has 0 saturated carbocycles. The Morgan fingerprint density at radius 2 is 1.61 bits per heavy atom. The summed E-state index contributed by atoms with van der Waals surface area (Å²) in [4.78, 5) is 32.5. The molecule has 0 aromatic heterocycles. The molecule has 0 bridgehead atoms. The SMILES string of the molecule is C=CC(=O)OC(CC=C(C)C(=O)O)OC(=O)C=C. The van der Waals surface area contributed by atoms with Crippen LogP contribution in [0.1, 0.15) is 13.3 Å². The van der Waals surface area contributed by atoms with Gasteiger partial charge in [-0.1, -0.05) is 19.2 Å². The number of carboxylic acid groups (broad SMARTS) is 1. The lowest BCUT2D eigenvalue weighted by atomic mass is 10.2. The number of aliphatic carboxylic acids is 1. The molecule has 0 aliphatic heterocycles. The minimum Gasteiger partial charge on any atom is -0.478 e. The van der Waals surface area contributed by atoms with Gasteiger partial charge >= 0.3 is 17.9 Å². The molecule has 0 aromatic carbocycles. The van der Waals surface area contributed by atoms with Gasteiger partial charge in [0.1, 0.15) is 0 Å². The number of rotatable bonds is 7. The summed E-state index contributed by atoms with van der Waals surface area (Å²) in [5.74, 6) is -2.67. The molecule has 1 N–H and O–H groups in total. The summed E-state index contributed by atoms with van der Waals surface area (Å²) >= 11 is 0. The molecule has 0 atom stereocenters. The molecule has 98 valence electrons. The van der Waals surface area contributed by atoms with Crippen LogP contribution in [0.3, 0.4) is 0 Å². The van der Waals surface area contributed by atoms with Gasteiger partial charge < -0.3 is 14.6 Å². The fraction of sp³-hybridized carbons (Fsp3) is 0.250. The van der Waals surface area contributed by atoms with Gasteiger partial charge in [0.05, 0.1) is 0 Å². The highest BCUT2D eigenvalue weighted by molar-refractivity contribution is 5.86. The summed E-state index contributed by atoms with van der Waals surface area (Å²) in [5.41, 5.74) is 0.0457. The van der Waals surface area contributed by atoms with Crippen molar-refractivity contribution < 1.29 is 29.0 Å². The Hall–Kier alpha value is -2.37. The molecule has 0 fully saturated rings. The lowest BCUT2D eigenvalue weighted by Crippen LogP contribution is -2.22. The van der Waals surface area contributed by atoms with Gasteiger partial charge in [0.25, 0.3) is 6.29 Å². The average Bonchev–Trinajstić information content (AvgIpc) is 2.34. The molecule has 6 nitrogen and oxygen atoms in total. The zero-order chi connectivity index (χ0) is 14.1. The first kappa shape index (κ1) is 15.6. The lowest BCUT2D eigenvalue weighted by Gasteiger charge is -2.15. The third-order valence-electron chi connectivity index (χ3n) is 1.78. The van der Waals surface area contributed by atoms with E-state index < -0.39 is 24.2 Å². The maximum atomic E-state index is 11.0. The summed E-state index contributed by atoms with van der Waals surface area (Å²) in [5, 5.41) is 8.63. The molecule has 0 spiro atoms. The smallest absolute Gasteiger partial charge is 0.333 e. The fourth-order valence-corrected chi connectivity index (χ4v) is 0.836. The van der Waals surface area contributed by atoms with E-state index in [0.717, 1.165) is 12.2 Å². The van der Waals surface area contributed by atoms with Crippen molar-refractivity contribution in [1.29, 1.82) is 0 Å². The van der Waals surface area contributed by atoms with Gasteiger partial charge in [0.2, 0.25) is 0 Å². The first-order chi connectivity index (χ1) is 8.40. The predicted molar refractivity (Wildman–Crippen MR) is 62.4 cm³/mol. The molecule has 0 rings (SSSR count). The molecule has 0 amide bonds. The van der Waals surface area contributed by atoms with E-state index in [1.54, 1.807) is 0 Å². The van der Waals surface area contributed by atoms with E-state index in [-0.39, 0.29) is 12.0 Å². The van der Waals surface area contributed by atoms with E-state index in [4.69, 9.17) is 14.6 Å². The van der Waals surface area contributed by atoms with Crippen molar-refractivity contribution in [3.05, 3.63) is 37.0 Å². The minimum atomic E-state index is -1.21. The van der Waals surface area contributed by atoms with Crippen LogP contribution in [-0.2, 0) is 23.9 Å². The van der Waals surface area contributed by atoms with E-state index >= 15 is 0 Å². The number of carboxylic acids is 1.